The lowest BCUT2D eigenvalue weighted by Gasteiger charge is -2.47. The number of carbonyl (C=O) groups excluding carboxylic acids is 1. The Kier molecular flexibility index (Phi) is 3.38. The smallest absolute Gasteiger partial charge is 0.343 e. The molecule has 0 aromatic carbocycles. The van der Waals surface area contributed by atoms with Crippen LogP contribution in [0.5, 0.6) is 0 Å². The van der Waals surface area contributed by atoms with Crippen molar-refractivity contribution in [3.05, 3.63) is 35.0 Å². The fourth-order valence-electron chi connectivity index (χ4n) is 7.21. The van der Waals surface area contributed by atoms with E-state index in [1.165, 1.54) is 0 Å². The zero-order valence-electron chi connectivity index (χ0n) is 17.2. The van der Waals surface area contributed by atoms with Gasteiger partial charge in [-0.25, -0.2) is 4.79 Å². The Bertz CT molecular complexity index is 905. The summed E-state index contributed by atoms with van der Waals surface area (Å²) in [7, 11) is 1.55. The number of rotatable bonds is 3. The minimum absolute atomic E-state index is 0.0553. The molecule has 9 atom stereocenters. The Morgan fingerprint density at radius 3 is 2.93 bits per heavy atom. The van der Waals surface area contributed by atoms with Crippen LogP contribution in [-0.2, 0) is 23.7 Å². The molecule has 5 saturated heterocycles. The van der Waals surface area contributed by atoms with E-state index in [-0.39, 0.29) is 35.4 Å². The van der Waals surface area contributed by atoms with Crippen LogP contribution in [-0.4, -0.2) is 59.2 Å². The lowest BCUT2D eigenvalue weighted by molar-refractivity contribution is -0.255. The molecule has 7 nitrogen and oxygen atoms in total. The summed E-state index contributed by atoms with van der Waals surface area (Å²) in [4.78, 5) is 14.8. The third-order valence-corrected chi connectivity index (χ3v) is 8.12. The second kappa shape index (κ2) is 5.45. The quantitative estimate of drug-likeness (QED) is 0.571. The summed E-state index contributed by atoms with van der Waals surface area (Å²) in [6.45, 7) is 6.65. The molecule has 5 fully saturated rings. The van der Waals surface area contributed by atoms with Crippen molar-refractivity contribution in [2.75, 3.05) is 13.7 Å². The third-order valence-electron chi connectivity index (χ3n) is 8.12. The van der Waals surface area contributed by atoms with Gasteiger partial charge in [-0.2, -0.15) is 0 Å². The highest BCUT2D eigenvalue weighted by Gasteiger charge is 2.83. The molecule has 1 spiro atoms. The minimum Gasteiger partial charge on any atom is -0.492 e. The molecule has 7 heteroatoms. The molecule has 0 aliphatic carbocycles. The molecule has 1 N–H and O–H groups in total. The van der Waals surface area contributed by atoms with Gasteiger partial charge in [-0.05, 0) is 26.7 Å². The predicted octanol–water partition coefficient (Wildman–Crippen LogP) is 1.84. The van der Waals surface area contributed by atoms with E-state index in [0.29, 0.717) is 28.9 Å². The van der Waals surface area contributed by atoms with Crippen molar-refractivity contribution in [1.29, 1.82) is 0 Å². The second-order valence-corrected chi connectivity index (χ2v) is 9.31. The summed E-state index contributed by atoms with van der Waals surface area (Å²) < 4.78 is 24.4. The Morgan fingerprint density at radius 2 is 2.21 bits per heavy atom. The van der Waals surface area contributed by atoms with Crippen LogP contribution in [0.1, 0.15) is 33.6 Å². The third kappa shape index (κ3) is 1.84. The number of fused-ring (bicyclic) bond motifs is 1. The van der Waals surface area contributed by atoms with Crippen LogP contribution in [0, 0.1) is 17.8 Å². The zero-order valence-corrected chi connectivity index (χ0v) is 17.2. The first-order chi connectivity index (χ1) is 13.8. The number of allylic oxidation sites excluding steroid dienone is 1. The fourth-order valence-corrected chi connectivity index (χ4v) is 7.21. The number of nitrogens with zero attached hydrogens (tertiary/aromatic N) is 1. The molecule has 29 heavy (non-hydrogen) atoms. The highest BCUT2D eigenvalue weighted by Crippen LogP contribution is 2.72. The molecule has 5 bridgehead atoms. The van der Waals surface area contributed by atoms with Gasteiger partial charge < -0.3 is 24.1 Å². The highest BCUT2D eigenvalue weighted by atomic mass is 16.7. The number of piperidine rings is 1. The van der Waals surface area contributed by atoms with Crippen LogP contribution in [0.4, 0.5) is 0 Å². The lowest BCUT2D eigenvalue weighted by atomic mass is 9.71. The van der Waals surface area contributed by atoms with Gasteiger partial charge in [0.1, 0.15) is 5.76 Å². The van der Waals surface area contributed by atoms with E-state index in [1.807, 2.05) is 6.08 Å². The van der Waals surface area contributed by atoms with Gasteiger partial charge in [-0.3, -0.25) is 4.90 Å². The molecule has 6 aliphatic rings. The van der Waals surface area contributed by atoms with Crippen LogP contribution in [0.15, 0.2) is 35.0 Å². The second-order valence-electron chi connectivity index (χ2n) is 9.31. The lowest BCUT2D eigenvalue weighted by Crippen LogP contribution is -2.60. The van der Waals surface area contributed by atoms with Crippen LogP contribution < -0.4 is 0 Å². The summed E-state index contributed by atoms with van der Waals surface area (Å²) >= 11 is 0. The maximum atomic E-state index is 12.2. The Hall–Kier alpha value is -1.83. The number of aliphatic hydroxyl groups is 1. The van der Waals surface area contributed by atoms with Crippen LogP contribution in [0.25, 0.3) is 0 Å². The van der Waals surface area contributed by atoms with Crippen molar-refractivity contribution in [1.82, 2.24) is 4.90 Å². The molecule has 0 radical (unpaired) electrons. The van der Waals surface area contributed by atoms with E-state index in [0.717, 1.165) is 19.4 Å². The van der Waals surface area contributed by atoms with Crippen molar-refractivity contribution in [2.45, 2.75) is 63.2 Å². The van der Waals surface area contributed by atoms with E-state index in [9.17, 15) is 9.90 Å². The average molecular weight is 401 g/mol. The molecule has 0 aromatic heterocycles. The number of esters is 1. The normalized spacial score (nSPS) is 52.5. The molecule has 6 aliphatic heterocycles. The first-order valence-corrected chi connectivity index (χ1v) is 10.6. The number of methoxy groups -OCH3 is 1. The largest absolute Gasteiger partial charge is 0.492 e. The topological polar surface area (TPSA) is 77.5 Å². The van der Waals surface area contributed by atoms with Gasteiger partial charge in [0.15, 0.2) is 5.76 Å². The molecule has 0 aromatic rings. The Labute approximate surface area is 169 Å². The predicted molar refractivity (Wildman–Crippen MR) is 101 cm³/mol. The standard InChI is InChI=1S/C22H27NO6/c1-10(24)5-7-21-14-6-8-23(21)13-9-15(21)28-22(14)16(13)11(2)18(29-22)19-17(26-4)12(3)20(25)27-19/h5,7,10-11,13-16,24H,6,8-9H2,1-4H3/b7-5?,19-18-/t10-,11+,13+,14-,15+,16-,21+,22-/m1/s1. The number of ether oxygens (including phenoxy) is 4. The molecular formula is C22H27NO6. The van der Waals surface area contributed by atoms with E-state index in [2.05, 4.69) is 17.9 Å². The number of cyclic esters (lactones) is 1. The van der Waals surface area contributed by atoms with Crippen molar-refractivity contribution in [3.8, 4) is 0 Å². The molecule has 0 saturated carbocycles. The maximum Gasteiger partial charge on any atom is 0.343 e. The number of hydrogen-bond donors (Lipinski definition) is 1. The summed E-state index contributed by atoms with van der Waals surface area (Å²) in [5.74, 6) is 0.884. The fraction of sp³-hybridized carbons (Fsp3) is 0.682. The molecule has 1 unspecified atom stereocenters. The number of aliphatic hydroxyl groups excluding tert-OH is 1. The minimum atomic E-state index is -0.701. The van der Waals surface area contributed by atoms with Gasteiger partial charge in [0, 0.05) is 18.5 Å². The monoisotopic (exact) mass is 401 g/mol. The van der Waals surface area contributed by atoms with Gasteiger partial charge >= 0.3 is 5.97 Å². The van der Waals surface area contributed by atoms with Gasteiger partial charge in [-0.1, -0.05) is 19.1 Å². The van der Waals surface area contributed by atoms with Gasteiger partial charge in [-0.15, -0.1) is 0 Å². The van der Waals surface area contributed by atoms with Crippen molar-refractivity contribution in [3.63, 3.8) is 0 Å². The Morgan fingerprint density at radius 1 is 1.41 bits per heavy atom. The van der Waals surface area contributed by atoms with E-state index in [1.54, 1.807) is 21.0 Å². The van der Waals surface area contributed by atoms with Crippen molar-refractivity contribution < 1.29 is 28.8 Å². The molecule has 156 valence electrons. The molecule has 6 heterocycles. The van der Waals surface area contributed by atoms with Crippen molar-refractivity contribution >= 4 is 5.97 Å². The first kappa shape index (κ1) is 18.0. The first-order valence-electron chi connectivity index (χ1n) is 10.6. The molecular weight excluding hydrogens is 374 g/mol. The van der Waals surface area contributed by atoms with Crippen LogP contribution >= 0.6 is 0 Å². The van der Waals surface area contributed by atoms with E-state index in [4.69, 9.17) is 18.9 Å². The van der Waals surface area contributed by atoms with Gasteiger partial charge in [0.2, 0.25) is 11.5 Å². The summed E-state index contributed by atoms with van der Waals surface area (Å²) in [5, 5.41) is 9.87. The SMILES string of the molecule is COC1=C(C)C(=O)O/C1=C1\O[C@@]23O[C@H]4C[C@@H]([C@H]2[C@@H]1C)N1CC[C@@H]3[C@@]41C=C[C@@H](C)O. The zero-order chi connectivity index (χ0) is 20.3. The maximum absolute atomic E-state index is 12.2. The summed E-state index contributed by atoms with van der Waals surface area (Å²) in [5.41, 5.74) is 0.259. The van der Waals surface area contributed by atoms with Gasteiger partial charge in [0.25, 0.3) is 0 Å². The van der Waals surface area contributed by atoms with Crippen LogP contribution in [0.2, 0.25) is 0 Å². The van der Waals surface area contributed by atoms with E-state index >= 15 is 0 Å². The van der Waals surface area contributed by atoms with Crippen molar-refractivity contribution in [2.24, 2.45) is 17.8 Å². The Balaban J connectivity index is 1.47. The summed E-state index contributed by atoms with van der Waals surface area (Å²) in [6, 6.07) is 0.354. The van der Waals surface area contributed by atoms with E-state index < -0.39 is 11.9 Å². The van der Waals surface area contributed by atoms with Crippen LogP contribution in [0.3, 0.4) is 0 Å². The number of carbonyl (C=O) groups is 1. The summed E-state index contributed by atoms with van der Waals surface area (Å²) in [6.07, 6.45) is 5.59. The molecule has 6 rings (SSSR count). The number of hydrogen-bond acceptors (Lipinski definition) is 7. The molecule has 0 amide bonds. The highest BCUT2D eigenvalue weighted by molar-refractivity contribution is 5.93. The van der Waals surface area contributed by atoms with Gasteiger partial charge in [0.05, 0.1) is 42.3 Å². The average Bonchev–Trinajstić information content (AvgIpc) is 3.38.